The van der Waals surface area contributed by atoms with E-state index in [1.807, 2.05) is 25.1 Å². The quantitative estimate of drug-likeness (QED) is 0.759. The summed E-state index contributed by atoms with van der Waals surface area (Å²) in [5, 5.41) is 0. The maximum Gasteiger partial charge on any atom is 0.258 e. The van der Waals surface area contributed by atoms with Crippen molar-refractivity contribution in [2.45, 2.75) is 24.3 Å². The third-order valence-electron chi connectivity index (χ3n) is 5.64. The molecule has 0 spiro atoms. The SMILES string of the molecule is C[C@H]1Cc2cc(S(=O)(=O)NCCN3CCOCC3)ccc2N1C(=O)c1ccccc1. The van der Waals surface area contributed by atoms with Gasteiger partial charge in [-0.3, -0.25) is 9.69 Å². The zero-order valence-corrected chi connectivity index (χ0v) is 17.9. The molecule has 2 aliphatic rings. The third kappa shape index (κ3) is 4.41. The highest BCUT2D eigenvalue weighted by atomic mass is 32.2. The van der Waals surface area contributed by atoms with Crippen molar-refractivity contribution in [3.8, 4) is 0 Å². The predicted octanol–water partition coefficient (Wildman–Crippen LogP) is 1.89. The standard InChI is InChI=1S/C22H27N3O4S/c1-17-15-19-16-20(30(27,28)23-9-10-24-11-13-29-14-12-24)7-8-21(19)25(17)22(26)18-5-3-2-4-6-18/h2-8,16-17,23H,9-15H2,1H3/t17-/m0/s1. The Bertz CT molecular complexity index is 1000. The topological polar surface area (TPSA) is 79.0 Å². The first kappa shape index (κ1) is 21.0. The first-order valence-corrected chi connectivity index (χ1v) is 11.8. The van der Waals surface area contributed by atoms with Crippen molar-refractivity contribution in [1.29, 1.82) is 0 Å². The molecule has 0 saturated carbocycles. The summed E-state index contributed by atoms with van der Waals surface area (Å²) in [6, 6.07) is 14.1. The zero-order chi connectivity index (χ0) is 21.1. The lowest BCUT2D eigenvalue weighted by Crippen LogP contribution is -2.41. The molecule has 0 aliphatic carbocycles. The number of hydrogen-bond acceptors (Lipinski definition) is 5. The van der Waals surface area contributed by atoms with Crippen LogP contribution in [0.5, 0.6) is 0 Å². The monoisotopic (exact) mass is 429 g/mol. The lowest BCUT2D eigenvalue weighted by Gasteiger charge is -2.26. The summed E-state index contributed by atoms with van der Waals surface area (Å²) < 4.78 is 33.5. The maximum absolute atomic E-state index is 13.0. The fourth-order valence-electron chi connectivity index (χ4n) is 4.05. The van der Waals surface area contributed by atoms with Gasteiger partial charge < -0.3 is 9.64 Å². The number of amides is 1. The molecule has 160 valence electrons. The average molecular weight is 430 g/mol. The van der Waals surface area contributed by atoms with Gasteiger partial charge in [-0.2, -0.15) is 0 Å². The fraction of sp³-hybridized carbons (Fsp3) is 0.409. The summed E-state index contributed by atoms with van der Waals surface area (Å²) in [6.07, 6.45) is 0.630. The fourth-order valence-corrected chi connectivity index (χ4v) is 5.12. The van der Waals surface area contributed by atoms with Crippen LogP contribution in [-0.2, 0) is 21.2 Å². The van der Waals surface area contributed by atoms with Gasteiger partial charge in [0.2, 0.25) is 10.0 Å². The molecule has 0 radical (unpaired) electrons. The van der Waals surface area contributed by atoms with Gasteiger partial charge >= 0.3 is 0 Å². The lowest BCUT2D eigenvalue weighted by molar-refractivity contribution is 0.0390. The smallest absolute Gasteiger partial charge is 0.258 e. The summed E-state index contributed by atoms with van der Waals surface area (Å²) in [5.41, 5.74) is 2.28. The van der Waals surface area contributed by atoms with Gasteiger partial charge in [0, 0.05) is 43.5 Å². The molecule has 2 aromatic carbocycles. The number of fused-ring (bicyclic) bond motifs is 1. The van der Waals surface area contributed by atoms with Crippen molar-refractivity contribution in [2.24, 2.45) is 0 Å². The van der Waals surface area contributed by atoms with E-state index in [0.29, 0.717) is 38.3 Å². The number of nitrogens with one attached hydrogen (secondary N) is 1. The Kier molecular flexibility index (Phi) is 6.19. The minimum absolute atomic E-state index is 0.0278. The summed E-state index contributed by atoms with van der Waals surface area (Å²) in [7, 11) is -3.60. The number of ether oxygens (including phenoxy) is 1. The summed E-state index contributed by atoms with van der Waals surface area (Å²) in [6.45, 7) is 6.02. The van der Waals surface area contributed by atoms with Crippen LogP contribution in [0.1, 0.15) is 22.8 Å². The number of carbonyl (C=O) groups is 1. The molecule has 1 amide bonds. The summed E-state index contributed by atoms with van der Waals surface area (Å²) in [5.74, 6) is -0.0684. The van der Waals surface area contributed by atoms with E-state index in [1.54, 1.807) is 35.2 Å². The Hall–Kier alpha value is -2.26. The van der Waals surface area contributed by atoms with Crippen molar-refractivity contribution < 1.29 is 17.9 Å². The molecule has 0 aromatic heterocycles. The van der Waals surface area contributed by atoms with Gasteiger partial charge in [0.1, 0.15) is 0 Å². The lowest BCUT2D eigenvalue weighted by atomic mass is 10.1. The first-order chi connectivity index (χ1) is 14.5. The highest BCUT2D eigenvalue weighted by Gasteiger charge is 2.32. The number of hydrogen-bond donors (Lipinski definition) is 1. The Morgan fingerprint density at radius 1 is 1.13 bits per heavy atom. The van der Waals surface area contributed by atoms with Crippen LogP contribution in [0, 0.1) is 0 Å². The number of carbonyl (C=O) groups excluding carboxylic acids is 1. The van der Waals surface area contributed by atoms with Crippen LogP contribution >= 0.6 is 0 Å². The largest absolute Gasteiger partial charge is 0.379 e. The van der Waals surface area contributed by atoms with Crippen LogP contribution in [0.4, 0.5) is 5.69 Å². The van der Waals surface area contributed by atoms with E-state index in [4.69, 9.17) is 4.74 Å². The van der Waals surface area contributed by atoms with E-state index in [9.17, 15) is 13.2 Å². The van der Waals surface area contributed by atoms with Crippen molar-refractivity contribution >= 4 is 21.6 Å². The van der Waals surface area contributed by atoms with Gasteiger partial charge in [-0.25, -0.2) is 13.1 Å². The van der Waals surface area contributed by atoms with Gasteiger partial charge in [-0.1, -0.05) is 18.2 Å². The zero-order valence-electron chi connectivity index (χ0n) is 17.1. The molecule has 1 saturated heterocycles. The number of morpholine rings is 1. The van der Waals surface area contributed by atoms with Crippen LogP contribution in [0.25, 0.3) is 0 Å². The number of benzene rings is 2. The molecule has 4 rings (SSSR count). The Morgan fingerprint density at radius 2 is 1.87 bits per heavy atom. The molecule has 0 bridgehead atoms. The Labute approximate surface area is 177 Å². The summed E-state index contributed by atoms with van der Waals surface area (Å²) in [4.78, 5) is 17.2. The van der Waals surface area contributed by atoms with E-state index in [-0.39, 0.29) is 16.8 Å². The Morgan fingerprint density at radius 3 is 2.60 bits per heavy atom. The number of rotatable bonds is 6. The molecule has 2 heterocycles. The van der Waals surface area contributed by atoms with Gasteiger partial charge in [0.25, 0.3) is 5.91 Å². The molecular formula is C22H27N3O4S. The van der Waals surface area contributed by atoms with Crippen LogP contribution in [0.15, 0.2) is 53.4 Å². The molecule has 2 aliphatic heterocycles. The predicted molar refractivity (Wildman–Crippen MR) is 115 cm³/mol. The molecule has 2 aromatic rings. The molecule has 1 fully saturated rings. The van der Waals surface area contributed by atoms with E-state index in [0.717, 1.165) is 24.3 Å². The number of sulfonamides is 1. The van der Waals surface area contributed by atoms with Crippen molar-refractivity contribution in [3.05, 3.63) is 59.7 Å². The second-order valence-corrected chi connectivity index (χ2v) is 9.50. The minimum Gasteiger partial charge on any atom is -0.379 e. The number of anilines is 1. The second-order valence-electron chi connectivity index (χ2n) is 7.74. The van der Waals surface area contributed by atoms with Crippen molar-refractivity contribution in [1.82, 2.24) is 9.62 Å². The van der Waals surface area contributed by atoms with Crippen LogP contribution < -0.4 is 9.62 Å². The van der Waals surface area contributed by atoms with E-state index in [1.165, 1.54) is 0 Å². The van der Waals surface area contributed by atoms with Gasteiger partial charge in [-0.05, 0) is 49.2 Å². The maximum atomic E-state index is 13.0. The van der Waals surface area contributed by atoms with E-state index in [2.05, 4.69) is 9.62 Å². The molecule has 30 heavy (non-hydrogen) atoms. The van der Waals surface area contributed by atoms with Gasteiger partial charge in [0.05, 0.1) is 18.1 Å². The average Bonchev–Trinajstić information content (AvgIpc) is 3.09. The second kappa shape index (κ2) is 8.85. The third-order valence-corrected chi connectivity index (χ3v) is 7.10. The van der Waals surface area contributed by atoms with Crippen LogP contribution in [0.3, 0.4) is 0 Å². The first-order valence-electron chi connectivity index (χ1n) is 10.3. The Balaban J connectivity index is 1.47. The number of nitrogens with zero attached hydrogens (tertiary/aromatic N) is 2. The molecular weight excluding hydrogens is 402 g/mol. The van der Waals surface area contributed by atoms with Crippen LogP contribution in [-0.4, -0.2) is 64.7 Å². The van der Waals surface area contributed by atoms with E-state index >= 15 is 0 Å². The van der Waals surface area contributed by atoms with Crippen molar-refractivity contribution in [2.75, 3.05) is 44.3 Å². The molecule has 8 heteroatoms. The van der Waals surface area contributed by atoms with E-state index < -0.39 is 10.0 Å². The summed E-state index contributed by atoms with van der Waals surface area (Å²) >= 11 is 0. The minimum atomic E-state index is -3.60. The van der Waals surface area contributed by atoms with Gasteiger partial charge in [-0.15, -0.1) is 0 Å². The highest BCUT2D eigenvalue weighted by Crippen LogP contribution is 2.35. The van der Waals surface area contributed by atoms with Crippen molar-refractivity contribution in [3.63, 3.8) is 0 Å². The molecule has 1 atom stereocenters. The molecule has 7 nitrogen and oxygen atoms in total. The normalized spacial score (nSPS) is 19.6. The van der Waals surface area contributed by atoms with Gasteiger partial charge in [0.15, 0.2) is 0 Å². The van der Waals surface area contributed by atoms with Crippen LogP contribution in [0.2, 0.25) is 0 Å². The molecule has 0 unspecified atom stereocenters. The molecule has 1 N–H and O–H groups in total. The highest BCUT2D eigenvalue weighted by molar-refractivity contribution is 7.89.